The molecule has 0 aliphatic rings. The molecule has 0 saturated carbocycles. The van der Waals surface area contributed by atoms with Gasteiger partial charge in [0, 0.05) is 12.3 Å². The number of carboxylic acid groups (broad SMARTS) is 2. The van der Waals surface area contributed by atoms with Gasteiger partial charge in [-0.2, -0.15) is 0 Å². The van der Waals surface area contributed by atoms with Crippen LogP contribution in [0.5, 0.6) is 0 Å². The third kappa shape index (κ3) is 19.8. The van der Waals surface area contributed by atoms with Crippen LogP contribution in [-0.2, 0) is 19.2 Å². The molecule has 6 nitrogen and oxygen atoms in total. The van der Waals surface area contributed by atoms with Gasteiger partial charge in [0.25, 0.3) is 0 Å². The van der Waals surface area contributed by atoms with E-state index in [1.165, 1.54) is 13.8 Å². The highest BCUT2D eigenvalue weighted by Gasteiger charge is 2.10. The lowest BCUT2D eigenvalue weighted by Gasteiger charge is -2.00. The van der Waals surface area contributed by atoms with E-state index < -0.39 is 11.9 Å². The summed E-state index contributed by atoms with van der Waals surface area (Å²) in [4.78, 5) is 40.2. The Morgan fingerprint density at radius 3 is 1.50 bits per heavy atom. The lowest BCUT2D eigenvalue weighted by molar-refractivity contribution is -0.140. The Morgan fingerprint density at radius 2 is 1.39 bits per heavy atom. The van der Waals surface area contributed by atoms with E-state index in [1.54, 1.807) is 6.92 Å². The zero-order chi connectivity index (χ0) is 14.0. The SMILES string of the molecule is C.CC(=O)C(C)CC(=O)O.CC(=O)CCC(=O)O. The molecule has 106 valence electrons. The maximum atomic E-state index is 10.4. The predicted molar refractivity (Wildman–Crippen MR) is 66.4 cm³/mol. The topological polar surface area (TPSA) is 109 Å². The first kappa shape index (κ1) is 21.6. The largest absolute Gasteiger partial charge is 0.481 e. The van der Waals surface area contributed by atoms with Crippen molar-refractivity contribution in [1.29, 1.82) is 0 Å². The highest BCUT2D eigenvalue weighted by molar-refractivity contribution is 5.82. The minimum atomic E-state index is -0.919. The van der Waals surface area contributed by atoms with E-state index in [9.17, 15) is 19.2 Å². The summed E-state index contributed by atoms with van der Waals surface area (Å²) in [6.45, 7) is 4.38. The van der Waals surface area contributed by atoms with Crippen LogP contribution in [0.4, 0.5) is 0 Å². The van der Waals surface area contributed by atoms with Gasteiger partial charge in [0.1, 0.15) is 11.6 Å². The van der Waals surface area contributed by atoms with Crippen LogP contribution >= 0.6 is 0 Å². The molecule has 0 rings (SSSR count). The highest BCUT2D eigenvalue weighted by Crippen LogP contribution is 2.01. The van der Waals surface area contributed by atoms with Crippen molar-refractivity contribution >= 4 is 23.5 Å². The third-order valence-corrected chi connectivity index (χ3v) is 1.87. The van der Waals surface area contributed by atoms with Crippen molar-refractivity contribution in [3.05, 3.63) is 0 Å². The number of hydrogen-bond acceptors (Lipinski definition) is 4. The van der Waals surface area contributed by atoms with E-state index in [0.717, 1.165) is 0 Å². The summed E-state index contributed by atoms with van der Waals surface area (Å²) in [5.74, 6) is -2.33. The van der Waals surface area contributed by atoms with E-state index in [0.29, 0.717) is 0 Å². The fourth-order valence-electron chi connectivity index (χ4n) is 0.689. The van der Waals surface area contributed by atoms with Crippen LogP contribution in [0.1, 0.15) is 47.5 Å². The molecule has 0 aliphatic carbocycles. The second kappa shape index (κ2) is 11.8. The normalized spacial score (nSPS) is 10.2. The molecular weight excluding hydrogens is 240 g/mol. The summed E-state index contributed by atoms with van der Waals surface area (Å²) in [7, 11) is 0. The molecule has 0 aromatic heterocycles. The third-order valence-electron chi connectivity index (χ3n) is 1.87. The minimum Gasteiger partial charge on any atom is -0.481 e. The second-order valence-corrected chi connectivity index (χ2v) is 3.71. The average Bonchev–Trinajstić information content (AvgIpc) is 2.14. The smallest absolute Gasteiger partial charge is 0.304 e. The van der Waals surface area contributed by atoms with Crippen molar-refractivity contribution in [3.8, 4) is 0 Å². The van der Waals surface area contributed by atoms with Crippen LogP contribution in [-0.4, -0.2) is 33.7 Å². The van der Waals surface area contributed by atoms with Crippen molar-refractivity contribution in [1.82, 2.24) is 0 Å². The summed E-state index contributed by atoms with van der Waals surface area (Å²) < 4.78 is 0. The number of carboxylic acids is 2. The minimum absolute atomic E-state index is 0. The van der Waals surface area contributed by atoms with E-state index in [4.69, 9.17) is 10.2 Å². The van der Waals surface area contributed by atoms with Gasteiger partial charge in [0.05, 0.1) is 12.8 Å². The molecule has 1 atom stereocenters. The Labute approximate surface area is 107 Å². The molecule has 0 saturated heterocycles. The molecule has 0 spiro atoms. The van der Waals surface area contributed by atoms with Gasteiger partial charge in [0.2, 0.25) is 0 Å². The first-order chi connectivity index (χ1) is 7.66. The first-order valence-electron chi connectivity index (χ1n) is 5.10. The van der Waals surface area contributed by atoms with Gasteiger partial charge in [-0.05, 0) is 13.8 Å². The number of Topliss-reactive ketones (excluding diaryl/α,β-unsaturated/α-hetero) is 2. The summed E-state index contributed by atoms with van der Waals surface area (Å²) >= 11 is 0. The fraction of sp³-hybridized carbons (Fsp3) is 0.667. The molecule has 0 aromatic carbocycles. The van der Waals surface area contributed by atoms with Crippen molar-refractivity contribution in [2.75, 3.05) is 0 Å². The van der Waals surface area contributed by atoms with Gasteiger partial charge in [-0.15, -0.1) is 0 Å². The van der Waals surface area contributed by atoms with E-state index >= 15 is 0 Å². The summed E-state index contributed by atoms with van der Waals surface area (Å²) in [6.07, 6.45) is 0.0417. The summed E-state index contributed by atoms with van der Waals surface area (Å²) in [5, 5.41) is 16.2. The van der Waals surface area contributed by atoms with Crippen molar-refractivity contribution in [2.24, 2.45) is 5.92 Å². The van der Waals surface area contributed by atoms with E-state index in [1.807, 2.05) is 0 Å². The van der Waals surface area contributed by atoms with E-state index in [-0.39, 0.29) is 44.2 Å². The monoisotopic (exact) mass is 262 g/mol. The molecule has 0 radical (unpaired) electrons. The van der Waals surface area contributed by atoms with Gasteiger partial charge in [-0.3, -0.25) is 14.4 Å². The molecule has 0 aliphatic heterocycles. The van der Waals surface area contributed by atoms with Crippen molar-refractivity contribution in [3.63, 3.8) is 0 Å². The highest BCUT2D eigenvalue weighted by atomic mass is 16.4. The maximum Gasteiger partial charge on any atom is 0.304 e. The second-order valence-electron chi connectivity index (χ2n) is 3.71. The van der Waals surface area contributed by atoms with Gasteiger partial charge in [0.15, 0.2) is 0 Å². The number of hydrogen-bond donors (Lipinski definition) is 2. The molecule has 0 bridgehead atoms. The molecule has 0 aromatic rings. The molecule has 0 amide bonds. The molecule has 18 heavy (non-hydrogen) atoms. The number of ketones is 2. The van der Waals surface area contributed by atoms with Crippen LogP contribution in [0.15, 0.2) is 0 Å². The number of rotatable bonds is 6. The molecule has 1 unspecified atom stereocenters. The molecule has 6 heteroatoms. The van der Waals surface area contributed by atoms with Gasteiger partial charge in [-0.25, -0.2) is 0 Å². The van der Waals surface area contributed by atoms with Crippen molar-refractivity contribution < 1.29 is 29.4 Å². The number of carbonyl (C=O) groups excluding carboxylic acids is 2. The zero-order valence-electron chi connectivity index (χ0n) is 10.2. The standard InChI is InChI=1S/C6H10O3.C5H8O3.CH4/c1-4(5(2)7)3-6(8)9;1-4(6)2-3-5(7)8;/h4H,3H2,1-2H3,(H,8,9);2-3H2,1H3,(H,7,8);1H4. The summed E-state index contributed by atoms with van der Waals surface area (Å²) in [5.41, 5.74) is 0. The lowest BCUT2D eigenvalue weighted by atomic mass is 10.0. The average molecular weight is 262 g/mol. The van der Waals surface area contributed by atoms with Crippen LogP contribution in [0.25, 0.3) is 0 Å². The number of carbonyl (C=O) groups is 4. The first-order valence-corrected chi connectivity index (χ1v) is 5.10. The van der Waals surface area contributed by atoms with Crippen LogP contribution in [0.2, 0.25) is 0 Å². The quantitative estimate of drug-likeness (QED) is 0.755. The van der Waals surface area contributed by atoms with Crippen LogP contribution in [0.3, 0.4) is 0 Å². The van der Waals surface area contributed by atoms with Gasteiger partial charge >= 0.3 is 11.9 Å². The van der Waals surface area contributed by atoms with E-state index in [2.05, 4.69) is 0 Å². The van der Waals surface area contributed by atoms with Crippen LogP contribution < -0.4 is 0 Å². The molecule has 0 heterocycles. The van der Waals surface area contributed by atoms with Gasteiger partial charge < -0.3 is 15.0 Å². The fourth-order valence-corrected chi connectivity index (χ4v) is 0.689. The van der Waals surface area contributed by atoms with Crippen molar-refractivity contribution in [2.45, 2.75) is 47.5 Å². The Bertz CT molecular complexity index is 281. The molecular formula is C12H22O6. The Morgan fingerprint density at radius 1 is 0.944 bits per heavy atom. The van der Waals surface area contributed by atoms with Crippen LogP contribution in [0, 0.1) is 5.92 Å². The number of aliphatic carboxylic acids is 2. The predicted octanol–water partition coefficient (Wildman–Crippen LogP) is 1.76. The lowest BCUT2D eigenvalue weighted by Crippen LogP contribution is -2.11. The molecule has 2 N–H and O–H groups in total. The summed E-state index contributed by atoms with van der Waals surface area (Å²) in [6, 6.07) is 0. The Hall–Kier alpha value is -1.72. The zero-order valence-corrected chi connectivity index (χ0v) is 10.2. The Kier molecular flexibility index (Phi) is 14.1. The maximum absolute atomic E-state index is 10.4. The Balaban J connectivity index is -0.000000238. The van der Waals surface area contributed by atoms with Gasteiger partial charge in [-0.1, -0.05) is 14.4 Å². The molecule has 0 fully saturated rings.